The molecule has 7 heteroatoms. The van der Waals surface area contributed by atoms with Crippen molar-refractivity contribution in [2.75, 3.05) is 6.54 Å². The van der Waals surface area contributed by atoms with Crippen molar-refractivity contribution in [3.8, 4) is 0 Å². The fraction of sp³-hybridized carbons (Fsp3) is 0.667. The summed E-state index contributed by atoms with van der Waals surface area (Å²) in [6, 6.07) is 1.71. The third kappa shape index (κ3) is 4.72. The van der Waals surface area contributed by atoms with Crippen molar-refractivity contribution in [2.24, 2.45) is 5.73 Å². The second-order valence-corrected chi connectivity index (χ2v) is 7.87. The molecule has 0 aliphatic heterocycles. The molecule has 112 valence electrons. The maximum absolute atomic E-state index is 12.2. The fourth-order valence-electron chi connectivity index (χ4n) is 1.69. The van der Waals surface area contributed by atoms with Gasteiger partial charge in [0, 0.05) is 21.8 Å². The van der Waals surface area contributed by atoms with Gasteiger partial charge in [0.2, 0.25) is 10.0 Å². The van der Waals surface area contributed by atoms with Crippen LogP contribution in [0.5, 0.6) is 0 Å². The molecular formula is C12H23ClN2O2S2. The van der Waals surface area contributed by atoms with Crippen LogP contribution in [0.15, 0.2) is 11.0 Å². The minimum Gasteiger partial charge on any atom is -0.324 e. The van der Waals surface area contributed by atoms with Crippen LogP contribution in [-0.4, -0.2) is 20.5 Å². The first-order valence-corrected chi connectivity index (χ1v) is 8.39. The van der Waals surface area contributed by atoms with Gasteiger partial charge in [0.25, 0.3) is 0 Å². The van der Waals surface area contributed by atoms with E-state index in [0.29, 0.717) is 4.90 Å². The van der Waals surface area contributed by atoms with Gasteiger partial charge in [-0.25, -0.2) is 13.1 Å². The Kier molecular flexibility index (Phi) is 6.99. The highest BCUT2D eigenvalue weighted by molar-refractivity contribution is 7.89. The van der Waals surface area contributed by atoms with E-state index in [1.807, 2.05) is 27.7 Å². The van der Waals surface area contributed by atoms with E-state index in [0.717, 1.165) is 22.6 Å². The minimum absolute atomic E-state index is 0. The number of aryl methyl sites for hydroxylation is 2. The van der Waals surface area contributed by atoms with E-state index in [9.17, 15) is 8.42 Å². The van der Waals surface area contributed by atoms with Crippen LogP contribution in [0, 0.1) is 13.8 Å². The highest BCUT2D eigenvalue weighted by Gasteiger charge is 2.25. The average molecular weight is 327 g/mol. The monoisotopic (exact) mass is 326 g/mol. The van der Waals surface area contributed by atoms with Crippen LogP contribution in [0.1, 0.15) is 36.4 Å². The minimum atomic E-state index is -3.44. The van der Waals surface area contributed by atoms with Crippen molar-refractivity contribution >= 4 is 33.8 Å². The van der Waals surface area contributed by atoms with E-state index in [1.54, 1.807) is 6.07 Å². The summed E-state index contributed by atoms with van der Waals surface area (Å²) in [5, 5.41) is 0. The van der Waals surface area contributed by atoms with Gasteiger partial charge < -0.3 is 5.73 Å². The van der Waals surface area contributed by atoms with Crippen molar-refractivity contribution in [1.82, 2.24) is 4.72 Å². The van der Waals surface area contributed by atoms with Gasteiger partial charge in [0.05, 0.1) is 4.90 Å². The smallest absolute Gasteiger partial charge is 0.241 e. The van der Waals surface area contributed by atoms with E-state index in [4.69, 9.17) is 5.73 Å². The normalized spacial score (nSPS) is 12.3. The Bertz CT molecular complexity index is 508. The molecule has 0 aromatic carbocycles. The van der Waals surface area contributed by atoms with Crippen LogP contribution in [0.3, 0.4) is 0 Å². The van der Waals surface area contributed by atoms with Crippen LogP contribution in [-0.2, 0) is 10.0 Å². The van der Waals surface area contributed by atoms with Crippen LogP contribution in [0.25, 0.3) is 0 Å². The largest absolute Gasteiger partial charge is 0.324 e. The summed E-state index contributed by atoms with van der Waals surface area (Å²) in [6.07, 6.45) is 1.49. The van der Waals surface area contributed by atoms with Gasteiger partial charge in [-0.05, 0) is 32.8 Å². The lowest BCUT2D eigenvalue weighted by Gasteiger charge is -2.26. The lowest BCUT2D eigenvalue weighted by molar-refractivity contribution is 0.392. The Hall–Kier alpha value is -0.140. The molecule has 0 saturated carbocycles. The molecule has 1 rings (SSSR count). The molecule has 0 amide bonds. The zero-order valence-electron chi connectivity index (χ0n) is 11.8. The first-order valence-electron chi connectivity index (χ1n) is 6.09. The average Bonchev–Trinajstić information content (AvgIpc) is 2.66. The predicted molar refractivity (Wildman–Crippen MR) is 83.7 cm³/mol. The van der Waals surface area contributed by atoms with E-state index in [2.05, 4.69) is 4.72 Å². The molecule has 1 heterocycles. The number of hydrogen-bond acceptors (Lipinski definition) is 4. The third-order valence-corrected chi connectivity index (χ3v) is 5.93. The molecule has 0 bridgehead atoms. The van der Waals surface area contributed by atoms with Crippen LogP contribution in [0.4, 0.5) is 0 Å². The predicted octanol–water partition coefficient (Wildman–Crippen LogP) is 2.58. The SMILES string of the molecule is CCC(N)(CC)CNS(=O)(=O)c1cc(C)sc1C.Cl. The van der Waals surface area contributed by atoms with Gasteiger partial charge in [0.15, 0.2) is 0 Å². The molecule has 0 atom stereocenters. The standard InChI is InChI=1S/C12H22N2O2S2.ClH/c1-5-12(13,6-2)8-14-18(15,16)11-7-9(3)17-10(11)4;/h7,14H,5-6,8,13H2,1-4H3;1H. The Labute approximate surface area is 126 Å². The van der Waals surface area contributed by atoms with Crippen molar-refractivity contribution in [1.29, 1.82) is 0 Å². The van der Waals surface area contributed by atoms with Gasteiger partial charge >= 0.3 is 0 Å². The quantitative estimate of drug-likeness (QED) is 0.844. The van der Waals surface area contributed by atoms with Gasteiger partial charge in [0.1, 0.15) is 0 Å². The fourth-order valence-corrected chi connectivity index (χ4v) is 4.38. The molecule has 0 fully saturated rings. The third-order valence-electron chi connectivity index (χ3n) is 3.31. The molecule has 3 N–H and O–H groups in total. The summed E-state index contributed by atoms with van der Waals surface area (Å²) in [6.45, 7) is 7.94. The van der Waals surface area contributed by atoms with E-state index < -0.39 is 15.6 Å². The number of sulfonamides is 1. The first-order chi connectivity index (χ1) is 8.24. The van der Waals surface area contributed by atoms with Gasteiger partial charge in [-0.3, -0.25) is 0 Å². The molecule has 0 radical (unpaired) electrons. The number of thiophene rings is 1. The molecule has 1 aromatic heterocycles. The van der Waals surface area contributed by atoms with Crippen molar-refractivity contribution in [3.63, 3.8) is 0 Å². The first kappa shape index (κ1) is 18.9. The molecule has 0 aliphatic rings. The Morgan fingerprint density at radius 3 is 2.21 bits per heavy atom. The second-order valence-electron chi connectivity index (χ2n) is 4.67. The van der Waals surface area contributed by atoms with E-state index in [-0.39, 0.29) is 19.0 Å². The van der Waals surface area contributed by atoms with Gasteiger partial charge in [-0.1, -0.05) is 13.8 Å². The number of halogens is 1. The zero-order valence-corrected chi connectivity index (χ0v) is 14.3. The molecular weight excluding hydrogens is 304 g/mol. The van der Waals surface area contributed by atoms with Crippen LogP contribution in [0.2, 0.25) is 0 Å². The number of rotatable bonds is 6. The van der Waals surface area contributed by atoms with Crippen molar-refractivity contribution in [2.45, 2.75) is 51.0 Å². The molecule has 0 saturated heterocycles. The van der Waals surface area contributed by atoms with E-state index in [1.165, 1.54) is 11.3 Å². The zero-order chi connectivity index (χ0) is 14.0. The molecule has 0 unspecified atom stereocenters. The van der Waals surface area contributed by atoms with Crippen LogP contribution >= 0.6 is 23.7 Å². The highest BCUT2D eigenvalue weighted by Crippen LogP contribution is 2.25. The second kappa shape index (κ2) is 7.04. The summed E-state index contributed by atoms with van der Waals surface area (Å²) in [5.74, 6) is 0. The molecule has 4 nitrogen and oxygen atoms in total. The number of nitrogens with two attached hydrogens (primary N) is 1. The topological polar surface area (TPSA) is 72.2 Å². The summed E-state index contributed by atoms with van der Waals surface area (Å²) in [4.78, 5) is 2.19. The number of hydrogen-bond donors (Lipinski definition) is 2. The lowest BCUT2D eigenvalue weighted by atomic mass is 9.95. The molecule has 0 aliphatic carbocycles. The summed E-state index contributed by atoms with van der Waals surface area (Å²) in [5.41, 5.74) is 5.63. The van der Waals surface area contributed by atoms with Gasteiger partial charge in [-0.2, -0.15) is 0 Å². The lowest BCUT2D eigenvalue weighted by Crippen LogP contribution is -2.49. The maximum atomic E-state index is 12.2. The Morgan fingerprint density at radius 2 is 1.84 bits per heavy atom. The number of nitrogens with one attached hydrogen (secondary N) is 1. The van der Waals surface area contributed by atoms with Crippen molar-refractivity contribution < 1.29 is 8.42 Å². The Morgan fingerprint density at radius 1 is 1.32 bits per heavy atom. The van der Waals surface area contributed by atoms with Crippen molar-refractivity contribution in [3.05, 3.63) is 15.8 Å². The van der Waals surface area contributed by atoms with E-state index >= 15 is 0 Å². The Balaban J connectivity index is 0.00000324. The summed E-state index contributed by atoms with van der Waals surface area (Å²) in [7, 11) is -3.44. The molecule has 0 spiro atoms. The molecule has 1 aromatic rings. The molecule has 19 heavy (non-hydrogen) atoms. The highest BCUT2D eigenvalue weighted by atomic mass is 35.5. The van der Waals surface area contributed by atoms with Gasteiger partial charge in [-0.15, -0.1) is 23.7 Å². The summed E-state index contributed by atoms with van der Waals surface area (Å²) < 4.78 is 27.0. The summed E-state index contributed by atoms with van der Waals surface area (Å²) >= 11 is 1.49. The maximum Gasteiger partial charge on any atom is 0.241 e. The van der Waals surface area contributed by atoms with Crippen LogP contribution < -0.4 is 10.5 Å².